The summed E-state index contributed by atoms with van der Waals surface area (Å²) in [7, 11) is -3.40. The Morgan fingerprint density at radius 2 is 1.81 bits per heavy atom. The minimum atomic E-state index is -3.40. The second-order valence-corrected chi connectivity index (χ2v) is 9.41. The molecular weight excluding hydrogens is 423 g/mol. The van der Waals surface area contributed by atoms with Crippen LogP contribution in [0.4, 0.5) is 4.39 Å². The van der Waals surface area contributed by atoms with Crippen LogP contribution in [0.15, 0.2) is 59.5 Å². The zero-order valence-corrected chi connectivity index (χ0v) is 17.9. The lowest BCUT2D eigenvalue weighted by Crippen LogP contribution is -2.46. The summed E-state index contributed by atoms with van der Waals surface area (Å²) in [6.45, 7) is 1.22. The monoisotopic (exact) mass is 446 g/mol. The average molecular weight is 447 g/mol. The Balaban J connectivity index is 2.30. The summed E-state index contributed by atoms with van der Waals surface area (Å²) in [5, 5.41) is 19.2. The van der Waals surface area contributed by atoms with Crippen LogP contribution >= 0.6 is 0 Å². The summed E-state index contributed by atoms with van der Waals surface area (Å²) >= 11 is 0. The number of carboxylic acids is 1. The number of aromatic nitrogens is 1. The first kappa shape index (κ1) is 22.7. The van der Waals surface area contributed by atoms with Gasteiger partial charge in [-0.1, -0.05) is 18.2 Å². The van der Waals surface area contributed by atoms with E-state index < -0.39 is 33.8 Å². The molecule has 1 atom stereocenters. The van der Waals surface area contributed by atoms with Crippen LogP contribution in [0.25, 0.3) is 16.9 Å². The Hall–Kier alpha value is -3.01. The van der Waals surface area contributed by atoms with Crippen molar-refractivity contribution in [3.63, 3.8) is 0 Å². The van der Waals surface area contributed by atoms with Gasteiger partial charge in [0.1, 0.15) is 11.4 Å². The molecule has 0 unspecified atom stereocenters. The van der Waals surface area contributed by atoms with E-state index in [0.29, 0.717) is 22.6 Å². The predicted octanol–water partition coefficient (Wildman–Crippen LogP) is 2.62. The van der Waals surface area contributed by atoms with E-state index in [9.17, 15) is 27.8 Å². The Bertz CT molecular complexity index is 1240. The number of carboxylic acid groups (broad SMARTS) is 1. The molecule has 3 rings (SSSR count). The van der Waals surface area contributed by atoms with E-state index >= 15 is 0 Å². The third-order valence-corrected chi connectivity index (χ3v) is 6.39. The van der Waals surface area contributed by atoms with Crippen LogP contribution in [0.3, 0.4) is 0 Å². The number of hydrogen-bond donors (Lipinski definition) is 3. The van der Waals surface area contributed by atoms with E-state index in [1.165, 1.54) is 30.3 Å². The molecule has 0 bridgehead atoms. The Labute approximate surface area is 179 Å². The minimum Gasteiger partial charge on any atom is -0.480 e. The molecule has 3 aromatic rings. The molecule has 1 heterocycles. The molecule has 9 heteroatoms. The first-order valence-electron chi connectivity index (χ1n) is 9.41. The standard InChI is InChI=1S/C22H23FN2O5S/c1-14-19(22(24,10-11-26)21(27)28)13-20(25(14)17-5-3-4-16(23)12-17)15-6-8-18(9-7-15)31(2,29)30/h3-9,12-13,26H,10-11,24H2,1-2H3,(H,27,28)/t22-/m1/s1. The summed E-state index contributed by atoms with van der Waals surface area (Å²) in [5.74, 6) is -1.78. The SMILES string of the molecule is Cc1c([C@](N)(CCO)C(=O)O)cc(-c2ccc(S(C)(=O)=O)cc2)n1-c1cccc(F)c1. The number of halogens is 1. The number of nitrogens with zero attached hydrogens (tertiary/aromatic N) is 1. The third-order valence-electron chi connectivity index (χ3n) is 5.26. The molecule has 0 aliphatic carbocycles. The highest BCUT2D eigenvalue weighted by atomic mass is 32.2. The van der Waals surface area contributed by atoms with Crippen molar-refractivity contribution in [2.75, 3.05) is 12.9 Å². The highest BCUT2D eigenvalue weighted by Gasteiger charge is 2.39. The van der Waals surface area contributed by atoms with Crippen molar-refractivity contribution in [2.24, 2.45) is 5.73 Å². The molecule has 0 radical (unpaired) electrons. The summed E-state index contributed by atoms with van der Waals surface area (Å²) in [4.78, 5) is 12.1. The lowest BCUT2D eigenvalue weighted by atomic mass is 9.87. The van der Waals surface area contributed by atoms with Crippen LogP contribution in [0.5, 0.6) is 0 Å². The number of aliphatic carboxylic acids is 1. The quantitative estimate of drug-likeness (QED) is 0.513. The maximum Gasteiger partial charge on any atom is 0.328 e. The Morgan fingerprint density at radius 1 is 1.16 bits per heavy atom. The maximum absolute atomic E-state index is 14.0. The van der Waals surface area contributed by atoms with Gasteiger partial charge in [0.2, 0.25) is 0 Å². The molecule has 0 amide bonds. The zero-order valence-electron chi connectivity index (χ0n) is 17.0. The van der Waals surface area contributed by atoms with Crippen molar-refractivity contribution in [3.8, 4) is 16.9 Å². The Kier molecular flexibility index (Phi) is 6.04. The number of aliphatic hydroxyl groups is 1. The van der Waals surface area contributed by atoms with Gasteiger partial charge in [-0.05, 0) is 48.9 Å². The van der Waals surface area contributed by atoms with E-state index in [0.717, 1.165) is 6.26 Å². The normalized spacial score (nSPS) is 13.7. The largest absolute Gasteiger partial charge is 0.480 e. The molecule has 1 aromatic heterocycles. The zero-order chi connectivity index (χ0) is 23.0. The lowest BCUT2D eigenvalue weighted by molar-refractivity contribution is -0.144. The van der Waals surface area contributed by atoms with Crippen LogP contribution < -0.4 is 5.73 Å². The van der Waals surface area contributed by atoms with Gasteiger partial charge >= 0.3 is 5.97 Å². The fourth-order valence-electron chi connectivity index (χ4n) is 3.62. The van der Waals surface area contributed by atoms with Crippen LogP contribution in [0, 0.1) is 12.7 Å². The average Bonchev–Trinajstić information content (AvgIpc) is 3.05. The second kappa shape index (κ2) is 8.26. The molecule has 31 heavy (non-hydrogen) atoms. The summed E-state index contributed by atoms with van der Waals surface area (Å²) < 4.78 is 39.2. The fraction of sp³-hybridized carbons (Fsp3) is 0.227. The molecule has 164 valence electrons. The topological polar surface area (TPSA) is 123 Å². The van der Waals surface area contributed by atoms with Gasteiger partial charge in [0.15, 0.2) is 9.84 Å². The lowest BCUT2D eigenvalue weighted by Gasteiger charge is -2.24. The van der Waals surface area contributed by atoms with Gasteiger partial charge < -0.3 is 20.5 Å². The van der Waals surface area contributed by atoms with Crippen LogP contribution in [-0.4, -0.2) is 42.0 Å². The number of nitrogens with two attached hydrogens (primary N) is 1. The van der Waals surface area contributed by atoms with Crippen LogP contribution in [0.2, 0.25) is 0 Å². The van der Waals surface area contributed by atoms with Gasteiger partial charge in [-0.2, -0.15) is 0 Å². The second-order valence-electron chi connectivity index (χ2n) is 7.39. The number of carbonyl (C=O) groups is 1. The van der Waals surface area contributed by atoms with Crippen molar-refractivity contribution in [1.82, 2.24) is 4.57 Å². The van der Waals surface area contributed by atoms with Crippen molar-refractivity contribution in [2.45, 2.75) is 23.8 Å². The van der Waals surface area contributed by atoms with Gasteiger partial charge in [-0.3, -0.25) is 0 Å². The minimum absolute atomic E-state index is 0.135. The molecule has 2 aromatic carbocycles. The van der Waals surface area contributed by atoms with Gasteiger partial charge in [-0.25, -0.2) is 17.6 Å². The maximum atomic E-state index is 14.0. The smallest absolute Gasteiger partial charge is 0.328 e. The molecule has 0 aliphatic rings. The predicted molar refractivity (Wildman–Crippen MR) is 114 cm³/mol. The van der Waals surface area contributed by atoms with Gasteiger partial charge in [0.05, 0.1) is 10.6 Å². The van der Waals surface area contributed by atoms with Gasteiger partial charge in [0.25, 0.3) is 0 Å². The van der Waals surface area contributed by atoms with Crippen molar-refractivity contribution in [3.05, 3.63) is 71.7 Å². The Morgan fingerprint density at radius 3 is 2.32 bits per heavy atom. The summed E-state index contributed by atoms with van der Waals surface area (Å²) in [6.07, 6.45) is 0.882. The molecule has 0 fully saturated rings. The summed E-state index contributed by atoms with van der Waals surface area (Å²) in [6, 6.07) is 13.5. The van der Waals surface area contributed by atoms with Crippen molar-refractivity contribution in [1.29, 1.82) is 0 Å². The summed E-state index contributed by atoms with van der Waals surface area (Å²) in [5.41, 5.74) is 6.60. The van der Waals surface area contributed by atoms with Crippen LogP contribution in [0.1, 0.15) is 17.7 Å². The highest BCUT2D eigenvalue weighted by molar-refractivity contribution is 7.90. The molecule has 0 saturated carbocycles. The van der Waals surface area contributed by atoms with E-state index in [-0.39, 0.29) is 16.9 Å². The highest BCUT2D eigenvalue weighted by Crippen LogP contribution is 2.36. The third kappa shape index (κ3) is 4.25. The van der Waals surface area contributed by atoms with Crippen molar-refractivity contribution >= 4 is 15.8 Å². The molecule has 0 saturated heterocycles. The van der Waals surface area contributed by atoms with E-state index in [2.05, 4.69) is 0 Å². The molecular formula is C22H23FN2O5S. The number of aliphatic hydroxyl groups excluding tert-OH is 1. The van der Waals surface area contributed by atoms with Crippen molar-refractivity contribution < 1.29 is 27.8 Å². The first-order valence-corrected chi connectivity index (χ1v) is 11.3. The molecule has 0 spiro atoms. The number of hydrogen-bond acceptors (Lipinski definition) is 5. The molecule has 7 nitrogen and oxygen atoms in total. The molecule has 4 N–H and O–H groups in total. The number of benzene rings is 2. The number of sulfone groups is 1. The van der Waals surface area contributed by atoms with Gasteiger partial charge in [-0.15, -0.1) is 0 Å². The van der Waals surface area contributed by atoms with Gasteiger partial charge in [0, 0.05) is 36.2 Å². The van der Waals surface area contributed by atoms with E-state index in [1.807, 2.05) is 0 Å². The van der Waals surface area contributed by atoms with E-state index in [1.54, 1.807) is 35.8 Å². The first-order chi connectivity index (χ1) is 14.5. The molecule has 0 aliphatic heterocycles. The van der Waals surface area contributed by atoms with Crippen LogP contribution in [-0.2, 0) is 20.2 Å². The number of rotatable bonds is 7. The van der Waals surface area contributed by atoms with E-state index in [4.69, 9.17) is 5.73 Å². The fourth-order valence-corrected chi connectivity index (χ4v) is 4.26.